The van der Waals surface area contributed by atoms with Crippen LogP contribution in [0.2, 0.25) is 0 Å². The highest BCUT2D eigenvalue weighted by molar-refractivity contribution is 5.94. The molecule has 2 fully saturated rings. The van der Waals surface area contributed by atoms with E-state index < -0.39 is 0 Å². The molecular weight excluding hydrogens is 441 g/mol. The van der Waals surface area contributed by atoms with Crippen LogP contribution in [0.5, 0.6) is 5.75 Å². The quantitative estimate of drug-likeness (QED) is 0.495. The number of anilines is 1. The number of nitrogens with zero attached hydrogens (tertiary/aromatic N) is 3. The van der Waals surface area contributed by atoms with Gasteiger partial charge in [-0.15, -0.1) is 0 Å². The van der Waals surface area contributed by atoms with E-state index in [0.29, 0.717) is 30.8 Å². The highest BCUT2D eigenvalue weighted by Crippen LogP contribution is 2.25. The van der Waals surface area contributed by atoms with Crippen LogP contribution in [0.3, 0.4) is 0 Å². The van der Waals surface area contributed by atoms with E-state index in [4.69, 9.17) is 4.74 Å². The van der Waals surface area contributed by atoms with Crippen molar-refractivity contribution >= 4 is 11.6 Å². The van der Waals surface area contributed by atoms with Crippen LogP contribution in [0.25, 0.3) is 0 Å². The molecule has 0 unspecified atom stereocenters. The van der Waals surface area contributed by atoms with Gasteiger partial charge in [0, 0.05) is 56.6 Å². The number of hydrogen-bond acceptors (Lipinski definition) is 4. The average molecular weight is 484 g/mol. The van der Waals surface area contributed by atoms with Crippen LogP contribution in [0.15, 0.2) is 48.5 Å². The average Bonchev–Trinajstić information content (AvgIpc) is 2.92. The molecule has 2 aromatic rings. The van der Waals surface area contributed by atoms with Crippen LogP contribution in [0.1, 0.15) is 63.7 Å². The van der Waals surface area contributed by atoms with Gasteiger partial charge < -0.3 is 19.4 Å². The van der Waals surface area contributed by atoms with Crippen molar-refractivity contribution in [3.8, 4) is 5.75 Å². The molecule has 5 nitrogen and oxygen atoms in total. The van der Waals surface area contributed by atoms with E-state index in [1.54, 1.807) is 12.1 Å². The maximum Gasteiger partial charge on any atom is 0.253 e. The number of carbonyl (C=O) groups is 1. The molecule has 2 heterocycles. The van der Waals surface area contributed by atoms with Crippen molar-refractivity contribution in [2.75, 3.05) is 44.2 Å². The van der Waals surface area contributed by atoms with Gasteiger partial charge in [-0.3, -0.25) is 4.79 Å². The van der Waals surface area contributed by atoms with Crippen molar-refractivity contribution in [1.82, 2.24) is 9.80 Å². The fourth-order valence-corrected chi connectivity index (χ4v) is 5.03. The standard InChI is InChI=1S/C27H36FN3O2.C2H6/c1-3-23(4-2)29-15-13-26(14-16-29)33-25-11-9-24(10-12-25)30-17-19-31(20-18-30)27(32)21-5-7-22(28)8-6-21;1-2/h5-12,23,26H,3-4,13-20H2,1-2H3;1-2H3. The predicted molar refractivity (Wildman–Crippen MR) is 142 cm³/mol. The second-order valence-corrected chi connectivity index (χ2v) is 9.10. The van der Waals surface area contributed by atoms with Gasteiger partial charge in [0.15, 0.2) is 0 Å². The normalized spacial score (nSPS) is 17.2. The summed E-state index contributed by atoms with van der Waals surface area (Å²) in [6.07, 6.45) is 4.91. The minimum Gasteiger partial charge on any atom is -0.490 e. The van der Waals surface area contributed by atoms with Crippen LogP contribution in [-0.2, 0) is 0 Å². The van der Waals surface area contributed by atoms with Crippen molar-refractivity contribution in [3.05, 3.63) is 59.9 Å². The molecule has 2 aliphatic rings. The third-order valence-electron chi connectivity index (χ3n) is 7.10. The molecule has 2 aliphatic heterocycles. The van der Waals surface area contributed by atoms with Crippen LogP contribution in [0.4, 0.5) is 10.1 Å². The van der Waals surface area contributed by atoms with E-state index in [1.165, 1.54) is 25.0 Å². The first-order valence-corrected chi connectivity index (χ1v) is 13.4. The number of hydrogen-bond donors (Lipinski definition) is 0. The lowest BCUT2D eigenvalue weighted by molar-refractivity contribution is 0.0726. The van der Waals surface area contributed by atoms with E-state index in [2.05, 4.69) is 47.9 Å². The Bertz CT molecular complexity index is 883. The summed E-state index contributed by atoms with van der Waals surface area (Å²) in [5.41, 5.74) is 1.69. The summed E-state index contributed by atoms with van der Waals surface area (Å²) in [6.45, 7) is 13.7. The molecule has 192 valence electrons. The molecule has 0 bridgehead atoms. The number of amides is 1. The maximum atomic E-state index is 13.1. The second kappa shape index (κ2) is 13.5. The number of piperidine rings is 1. The number of piperazine rings is 1. The van der Waals surface area contributed by atoms with Gasteiger partial charge in [-0.25, -0.2) is 4.39 Å². The van der Waals surface area contributed by atoms with Crippen LogP contribution < -0.4 is 9.64 Å². The molecule has 0 radical (unpaired) electrons. The predicted octanol–water partition coefficient (Wildman–Crippen LogP) is 5.85. The van der Waals surface area contributed by atoms with Gasteiger partial charge in [0.05, 0.1) is 0 Å². The molecule has 2 aromatic carbocycles. The number of likely N-dealkylation sites (tertiary alicyclic amines) is 1. The van der Waals surface area contributed by atoms with Crippen molar-refractivity contribution < 1.29 is 13.9 Å². The Hall–Kier alpha value is -2.60. The largest absolute Gasteiger partial charge is 0.490 e. The first-order valence-electron chi connectivity index (χ1n) is 13.4. The molecular formula is C29H42FN3O2. The van der Waals surface area contributed by atoms with E-state index in [9.17, 15) is 9.18 Å². The topological polar surface area (TPSA) is 36.0 Å². The third-order valence-corrected chi connectivity index (χ3v) is 7.10. The SMILES string of the molecule is CC.CCC(CC)N1CCC(Oc2ccc(N3CCN(C(=O)c4ccc(F)cc4)CC3)cc2)CC1. The lowest BCUT2D eigenvalue weighted by Gasteiger charge is -2.37. The maximum absolute atomic E-state index is 13.1. The van der Waals surface area contributed by atoms with Crippen molar-refractivity contribution in [3.63, 3.8) is 0 Å². The first kappa shape index (κ1) is 27.0. The summed E-state index contributed by atoms with van der Waals surface area (Å²) in [6, 6.07) is 14.9. The van der Waals surface area contributed by atoms with Gasteiger partial charge in [-0.1, -0.05) is 27.7 Å². The third kappa shape index (κ3) is 7.20. The highest BCUT2D eigenvalue weighted by atomic mass is 19.1. The number of benzene rings is 2. The fraction of sp³-hybridized carbons (Fsp3) is 0.552. The minimum atomic E-state index is -0.323. The molecule has 0 aromatic heterocycles. The lowest BCUT2D eigenvalue weighted by Crippen LogP contribution is -2.48. The molecule has 4 rings (SSSR count). The Morgan fingerprint density at radius 3 is 2.00 bits per heavy atom. The van der Waals surface area contributed by atoms with Crippen molar-refractivity contribution in [2.45, 2.75) is 65.5 Å². The minimum absolute atomic E-state index is 0.0337. The van der Waals surface area contributed by atoms with Crippen molar-refractivity contribution in [1.29, 1.82) is 0 Å². The summed E-state index contributed by atoms with van der Waals surface area (Å²) in [7, 11) is 0. The Kier molecular flexibility index (Phi) is 10.4. The Labute approximate surface area is 210 Å². The summed E-state index contributed by atoms with van der Waals surface area (Å²) in [5.74, 6) is 0.578. The number of carbonyl (C=O) groups excluding carboxylic acids is 1. The second-order valence-electron chi connectivity index (χ2n) is 9.10. The summed E-state index contributed by atoms with van der Waals surface area (Å²) in [5, 5.41) is 0. The highest BCUT2D eigenvalue weighted by Gasteiger charge is 2.25. The molecule has 35 heavy (non-hydrogen) atoms. The fourth-order valence-electron chi connectivity index (χ4n) is 5.03. The summed E-state index contributed by atoms with van der Waals surface area (Å²) in [4.78, 5) is 19.4. The van der Waals surface area contributed by atoms with Gasteiger partial charge in [0.1, 0.15) is 17.7 Å². The molecule has 0 saturated carbocycles. The zero-order chi connectivity index (χ0) is 25.2. The van der Waals surface area contributed by atoms with Crippen LogP contribution in [0, 0.1) is 5.82 Å². The molecule has 0 atom stereocenters. The smallest absolute Gasteiger partial charge is 0.253 e. The molecule has 2 saturated heterocycles. The van der Waals surface area contributed by atoms with Gasteiger partial charge in [0.2, 0.25) is 0 Å². The lowest BCUT2D eigenvalue weighted by atomic mass is 10.0. The molecule has 0 aliphatic carbocycles. The number of ether oxygens (including phenoxy) is 1. The zero-order valence-electron chi connectivity index (χ0n) is 21.9. The van der Waals surface area contributed by atoms with Gasteiger partial charge in [-0.2, -0.15) is 0 Å². The Morgan fingerprint density at radius 1 is 0.886 bits per heavy atom. The van der Waals surface area contributed by atoms with Gasteiger partial charge in [0.25, 0.3) is 5.91 Å². The van der Waals surface area contributed by atoms with Crippen LogP contribution in [-0.4, -0.2) is 67.1 Å². The first-order chi connectivity index (χ1) is 17.1. The van der Waals surface area contributed by atoms with Gasteiger partial charge >= 0.3 is 0 Å². The number of halogens is 1. The Morgan fingerprint density at radius 2 is 1.46 bits per heavy atom. The zero-order valence-corrected chi connectivity index (χ0v) is 21.9. The summed E-state index contributed by atoms with van der Waals surface area (Å²) >= 11 is 0. The monoisotopic (exact) mass is 483 g/mol. The Balaban J connectivity index is 0.00000167. The van der Waals surface area contributed by atoms with E-state index in [0.717, 1.165) is 50.5 Å². The molecule has 6 heteroatoms. The van der Waals surface area contributed by atoms with Crippen LogP contribution >= 0.6 is 0 Å². The number of rotatable bonds is 7. The molecule has 0 N–H and O–H groups in total. The van der Waals surface area contributed by atoms with Gasteiger partial charge in [-0.05, 0) is 74.2 Å². The van der Waals surface area contributed by atoms with E-state index in [1.807, 2.05) is 18.7 Å². The molecule has 0 spiro atoms. The van der Waals surface area contributed by atoms with E-state index in [-0.39, 0.29) is 11.7 Å². The van der Waals surface area contributed by atoms with Crippen molar-refractivity contribution in [2.24, 2.45) is 0 Å². The molecule has 1 amide bonds. The summed E-state index contributed by atoms with van der Waals surface area (Å²) < 4.78 is 19.4. The van der Waals surface area contributed by atoms with E-state index >= 15 is 0 Å².